The first-order valence-electron chi connectivity index (χ1n) is 4.59. The van der Waals surface area contributed by atoms with Gasteiger partial charge in [-0.1, -0.05) is 19.1 Å². The van der Waals surface area contributed by atoms with Gasteiger partial charge in [0.25, 0.3) is 0 Å². The Bertz CT molecular complexity index is 323. The minimum atomic E-state index is -0.349. The van der Waals surface area contributed by atoms with Gasteiger partial charge in [0.1, 0.15) is 0 Å². The van der Waals surface area contributed by atoms with Crippen molar-refractivity contribution in [1.82, 2.24) is 0 Å². The molecule has 0 aliphatic rings. The Labute approximate surface area is 84.3 Å². The number of benzene rings is 1. The molecule has 0 bridgehead atoms. The van der Waals surface area contributed by atoms with E-state index >= 15 is 0 Å². The minimum Gasteiger partial charge on any atom is -0.452 e. The quantitative estimate of drug-likeness (QED) is 0.722. The van der Waals surface area contributed by atoms with E-state index in [1.165, 1.54) is 17.6 Å². The molecule has 3 nitrogen and oxygen atoms in total. The maximum atomic E-state index is 11.2. The standard InChI is InChI=1S/C11H15NO2/c1-4-9-6-5-7-10(8-9)12(2)11(13)14-3/h5-8H,4H2,1-3H3. The maximum Gasteiger partial charge on any atom is 0.413 e. The number of aryl methyl sites for hydroxylation is 1. The summed E-state index contributed by atoms with van der Waals surface area (Å²) in [5, 5.41) is 0. The van der Waals surface area contributed by atoms with Gasteiger partial charge in [-0.15, -0.1) is 0 Å². The number of rotatable bonds is 2. The predicted molar refractivity (Wildman–Crippen MR) is 56.6 cm³/mol. The molecule has 0 heterocycles. The molecule has 76 valence electrons. The predicted octanol–water partition coefficient (Wildman–Crippen LogP) is 2.45. The lowest BCUT2D eigenvalue weighted by Gasteiger charge is -2.15. The second kappa shape index (κ2) is 4.65. The average Bonchev–Trinajstić information content (AvgIpc) is 2.27. The van der Waals surface area contributed by atoms with Crippen LogP contribution in [-0.2, 0) is 11.2 Å². The highest BCUT2D eigenvalue weighted by molar-refractivity contribution is 5.86. The van der Waals surface area contributed by atoms with E-state index in [4.69, 9.17) is 0 Å². The van der Waals surface area contributed by atoms with Crippen LogP contribution in [0.2, 0.25) is 0 Å². The fourth-order valence-electron chi connectivity index (χ4n) is 1.23. The van der Waals surface area contributed by atoms with E-state index in [0.717, 1.165) is 12.1 Å². The molecule has 1 amide bonds. The van der Waals surface area contributed by atoms with Crippen LogP contribution < -0.4 is 4.90 Å². The van der Waals surface area contributed by atoms with Crippen LogP contribution in [-0.4, -0.2) is 20.3 Å². The number of amides is 1. The second-order valence-corrected chi connectivity index (χ2v) is 3.05. The molecule has 0 unspecified atom stereocenters. The third kappa shape index (κ3) is 2.25. The zero-order valence-electron chi connectivity index (χ0n) is 8.78. The molecule has 0 saturated carbocycles. The van der Waals surface area contributed by atoms with Crippen LogP contribution in [0.3, 0.4) is 0 Å². The summed E-state index contributed by atoms with van der Waals surface area (Å²) in [6.45, 7) is 2.08. The summed E-state index contributed by atoms with van der Waals surface area (Å²) in [5.74, 6) is 0. The fourth-order valence-corrected chi connectivity index (χ4v) is 1.23. The smallest absolute Gasteiger partial charge is 0.413 e. The van der Waals surface area contributed by atoms with E-state index in [1.54, 1.807) is 7.05 Å². The largest absolute Gasteiger partial charge is 0.452 e. The number of hydrogen-bond donors (Lipinski definition) is 0. The number of methoxy groups -OCH3 is 1. The van der Waals surface area contributed by atoms with Gasteiger partial charge in [-0.25, -0.2) is 4.79 Å². The van der Waals surface area contributed by atoms with Gasteiger partial charge in [0, 0.05) is 12.7 Å². The molecule has 0 spiro atoms. The van der Waals surface area contributed by atoms with Crippen molar-refractivity contribution in [2.75, 3.05) is 19.1 Å². The van der Waals surface area contributed by atoms with Crippen LogP contribution in [0.1, 0.15) is 12.5 Å². The lowest BCUT2D eigenvalue weighted by atomic mass is 10.1. The molecule has 1 aromatic carbocycles. The molecule has 3 heteroatoms. The number of carbonyl (C=O) groups is 1. The van der Waals surface area contributed by atoms with E-state index in [-0.39, 0.29) is 6.09 Å². The van der Waals surface area contributed by atoms with Crippen LogP contribution in [0.15, 0.2) is 24.3 Å². The van der Waals surface area contributed by atoms with Crippen LogP contribution >= 0.6 is 0 Å². The van der Waals surface area contributed by atoms with Gasteiger partial charge in [-0.2, -0.15) is 0 Å². The summed E-state index contributed by atoms with van der Waals surface area (Å²) in [6, 6.07) is 7.84. The van der Waals surface area contributed by atoms with Gasteiger partial charge in [-0.3, -0.25) is 4.90 Å². The van der Waals surface area contributed by atoms with Crippen LogP contribution in [0.4, 0.5) is 10.5 Å². The molecule has 0 N–H and O–H groups in total. The average molecular weight is 193 g/mol. The number of carbonyl (C=O) groups excluding carboxylic acids is 1. The summed E-state index contributed by atoms with van der Waals surface area (Å²) >= 11 is 0. The van der Waals surface area contributed by atoms with Crippen molar-refractivity contribution < 1.29 is 9.53 Å². The van der Waals surface area contributed by atoms with Gasteiger partial charge >= 0.3 is 6.09 Å². The summed E-state index contributed by atoms with van der Waals surface area (Å²) in [6.07, 6.45) is 0.612. The molecule has 0 radical (unpaired) electrons. The highest BCUT2D eigenvalue weighted by Gasteiger charge is 2.09. The Morgan fingerprint density at radius 3 is 2.79 bits per heavy atom. The van der Waals surface area contributed by atoms with Gasteiger partial charge in [0.05, 0.1) is 7.11 Å². The molecular formula is C11H15NO2. The number of hydrogen-bond acceptors (Lipinski definition) is 2. The van der Waals surface area contributed by atoms with Gasteiger partial charge in [-0.05, 0) is 24.1 Å². The van der Waals surface area contributed by atoms with Crippen molar-refractivity contribution in [2.45, 2.75) is 13.3 Å². The van der Waals surface area contributed by atoms with Crippen LogP contribution in [0, 0.1) is 0 Å². The normalized spacial score (nSPS) is 9.64. The highest BCUT2D eigenvalue weighted by atomic mass is 16.5. The summed E-state index contributed by atoms with van der Waals surface area (Å²) in [4.78, 5) is 12.7. The lowest BCUT2D eigenvalue weighted by molar-refractivity contribution is 0.180. The van der Waals surface area contributed by atoms with Crippen molar-refractivity contribution >= 4 is 11.8 Å². The van der Waals surface area contributed by atoms with Crippen molar-refractivity contribution in [3.63, 3.8) is 0 Å². The number of ether oxygens (including phenoxy) is 1. The fraction of sp³-hybridized carbons (Fsp3) is 0.364. The number of anilines is 1. The second-order valence-electron chi connectivity index (χ2n) is 3.05. The van der Waals surface area contributed by atoms with Crippen LogP contribution in [0.5, 0.6) is 0 Å². The molecule has 1 rings (SSSR count). The van der Waals surface area contributed by atoms with Gasteiger partial charge in [0.2, 0.25) is 0 Å². The van der Waals surface area contributed by atoms with Crippen LogP contribution in [0.25, 0.3) is 0 Å². The van der Waals surface area contributed by atoms with Crippen molar-refractivity contribution in [3.05, 3.63) is 29.8 Å². The topological polar surface area (TPSA) is 29.5 Å². The first-order valence-corrected chi connectivity index (χ1v) is 4.59. The lowest BCUT2D eigenvalue weighted by Crippen LogP contribution is -2.25. The van der Waals surface area contributed by atoms with Gasteiger partial charge in [0.15, 0.2) is 0 Å². The first kappa shape index (κ1) is 10.6. The first-order chi connectivity index (χ1) is 6.69. The summed E-state index contributed by atoms with van der Waals surface area (Å²) < 4.78 is 4.63. The number of nitrogens with zero attached hydrogens (tertiary/aromatic N) is 1. The highest BCUT2D eigenvalue weighted by Crippen LogP contribution is 2.15. The molecule has 0 saturated heterocycles. The Balaban J connectivity index is 2.89. The third-order valence-corrected chi connectivity index (χ3v) is 2.15. The zero-order chi connectivity index (χ0) is 10.6. The van der Waals surface area contributed by atoms with Gasteiger partial charge < -0.3 is 4.74 Å². The zero-order valence-corrected chi connectivity index (χ0v) is 8.78. The molecule has 0 aliphatic heterocycles. The Morgan fingerprint density at radius 2 is 2.21 bits per heavy atom. The van der Waals surface area contributed by atoms with E-state index in [9.17, 15) is 4.79 Å². The molecule has 0 fully saturated rings. The Morgan fingerprint density at radius 1 is 1.50 bits per heavy atom. The van der Waals surface area contributed by atoms with Crippen molar-refractivity contribution in [1.29, 1.82) is 0 Å². The molecule has 14 heavy (non-hydrogen) atoms. The SMILES string of the molecule is CCc1cccc(N(C)C(=O)OC)c1. The maximum absolute atomic E-state index is 11.2. The summed E-state index contributed by atoms with van der Waals surface area (Å²) in [5.41, 5.74) is 2.06. The molecule has 0 aromatic heterocycles. The third-order valence-electron chi connectivity index (χ3n) is 2.15. The van der Waals surface area contributed by atoms with E-state index < -0.39 is 0 Å². The molecule has 0 aliphatic carbocycles. The van der Waals surface area contributed by atoms with E-state index in [0.29, 0.717) is 0 Å². The van der Waals surface area contributed by atoms with E-state index in [1.807, 2.05) is 24.3 Å². The van der Waals surface area contributed by atoms with Crippen molar-refractivity contribution in [3.8, 4) is 0 Å². The summed E-state index contributed by atoms with van der Waals surface area (Å²) in [7, 11) is 3.07. The minimum absolute atomic E-state index is 0.349. The monoisotopic (exact) mass is 193 g/mol. The molecular weight excluding hydrogens is 178 g/mol. The van der Waals surface area contributed by atoms with Crippen molar-refractivity contribution in [2.24, 2.45) is 0 Å². The Kier molecular flexibility index (Phi) is 3.51. The van der Waals surface area contributed by atoms with E-state index in [2.05, 4.69) is 11.7 Å². The molecule has 0 atom stereocenters. The molecule has 1 aromatic rings. The Hall–Kier alpha value is -1.51.